The predicted molar refractivity (Wildman–Crippen MR) is 111 cm³/mol. The Morgan fingerprint density at radius 2 is 1.37 bits per heavy atom. The molecule has 4 bridgehead atoms. The quantitative estimate of drug-likeness (QED) is 0.687. The van der Waals surface area contributed by atoms with E-state index in [0.717, 1.165) is 28.2 Å². The molecule has 1 N–H and O–H groups in total. The number of hydrogen-bond acceptors (Lipinski definition) is 2. The molecule has 0 aromatic heterocycles. The lowest BCUT2D eigenvalue weighted by atomic mass is 9.53. The molecule has 27 heavy (non-hydrogen) atoms. The molecule has 2 aromatic carbocycles. The van der Waals surface area contributed by atoms with Crippen molar-refractivity contribution in [1.82, 2.24) is 5.32 Å². The molecule has 0 spiro atoms. The maximum atomic E-state index is 13.5. The Morgan fingerprint density at radius 3 is 1.93 bits per heavy atom. The van der Waals surface area contributed by atoms with Crippen LogP contribution in [0.5, 0.6) is 0 Å². The highest BCUT2D eigenvalue weighted by Crippen LogP contribution is 2.56. The van der Waals surface area contributed by atoms with Crippen LogP contribution in [0.3, 0.4) is 0 Å². The van der Waals surface area contributed by atoms with Crippen LogP contribution >= 0.6 is 11.8 Å². The molecule has 3 heteroatoms. The summed E-state index contributed by atoms with van der Waals surface area (Å²) >= 11 is 1.67. The van der Waals surface area contributed by atoms with E-state index >= 15 is 0 Å². The lowest BCUT2D eigenvalue weighted by Gasteiger charge is -2.57. The molecule has 1 amide bonds. The number of rotatable bonds is 5. The van der Waals surface area contributed by atoms with E-state index in [-0.39, 0.29) is 16.7 Å². The first-order chi connectivity index (χ1) is 13.2. The smallest absolute Gasteiger partial charge is 0.238 e. The summed E-state index contributed by atoms with van der Waals surface area (Å²) in [5, 5.41) is 3.39. The Hall–Kier alpha value is -1.74. The zero-order valence-corrected chi connectivity index (χ0v) is 16.5. The van der Waals surface area contributed by atoms with Crippen molar-refractivity contribution in [2.75, 3.05) is 0 Å². The summed E-state index contributed by atoms with van der Waals surface area (Å²) in [5.41, 5.74) is 1.16. The molecular weight excluding hydrogens is 350 g/mol. The van der Waals surface area contributed by atoms with Gasteiger partial charge in [-0.2, -0.15) is 0 Å². The van der Waals surface area contributed by atoms with Gasteiger partial charge in [0.2, 0.25) is 5.91 Å². The van der Waals surface area contributed by atoms with Gasteiger partial charge in [0.25, 0.3) is 0 Å². The van der Waals surface area contributed by atoms with Gasteiger partial charge in [0.15, 0.2) is 0 Å². The summed E-state index contributed by atoms with van der Waals surface area (Å²) in [6.45, 7) is 0. The molecule has 0 radical (unpaired) electrons. The van der Waals surface area contributed by atoms with Crippen molar-refractivity contribution < 1.29 is 4.79 Å². The second-order valence-electron chi connectivity index (χ2n) is 8.91. The highest BCUT2D eigenvalue weighted by Gasteiger charge is 2.51. The standard InChI is InChI=1S/C24H27NOS/c26-23(25-24-14-17-11-18(15-24)13-19(12-17)16-24)22(20-7-3-1-4-8-20)27-21-9-5-2-6-10-21/h1-10,17-19,22H,11-16H2,(H,25,26)/t17?,18?,19?,22-,24?/m1/s1. The zero-order chi connectivity index (χ0) is 18.3. The normalized spacial score (nSPS) is 32.2. The first-order valence-corrected chi connectivity index (χ1v) is 11.2. The van der Waals surface area contributed by atoms with Crippen molar-refractivity contribution in [1.29, 1.82) is 0 Å². The van der Waals surface area contributed by atoms with Crippen LogP contribution in [-0.4, -0.2) is 11.4 Å². The molecule has 4 fully saturated rings. The molecule has 6 rings (SSSR count). The third-order valence-electron chi connectivity index (χ3n) is 6.76. The largest absolute Gasteiger partial charge is 0.349 e. The fraction of sp³-hybridized carbons (Fsp3) is 0.458. The van der Waals surface area contributed by atoms with Crippen molar-refractivity contribution in [2.24, 2.45) is 17.8 Å². The van der Waals surface area contributed by atoms with Crippen LogP contribution in [-0.2, 0) is 4.79 Å². The van der Waals surface area contributed by atoms with Crippen molar-refractivity contribution in [3.05, 3.63) is 66.2 Å². The molecule has 4 saturated carbocycles. The number of thioether (sulfide) groups is 1. The summed E-state index contributed by atoms with van der Waals surface area (Å²) in [4.78, 5) is 14.6. The van der Waals surface area contributed by atoms with E-state index in [1.165, 1.54) is 38.5 Å². The summed E-state index contributed by atoms with van der Waals surface area (Å²) in [6.07, 6.45) is 7.79. The van der Waals surface area contributed by atoms with Gasteiger partial charge in [-0.05, 0) is 74.0 Å². The summed E-state index contributed by atoms with van der Waals surface area (Å²) in [6, 6.07) is 20.6. The van der Waals surface area contributed by atoms with Crippen LogP contribution in [0.25, 0.3) is 0 Å². The molecule has 4 aliphatic rings. The highest BCUT2D eigenvalue weighted by atomic mass is 32.2. The van der Waals surface area contributed by atoms with Crippen LogP contribution < -0.4 is 5.32 Å². The monoisotopic (exact) mass is 377 g/mol. The number of carbonyl (C=O) groups excluding carboxylic acids is 1. The Morgan fingerprint density at radius 1 is 0.852 bits per heavy atom. The van der Waals surface area contributed by atoms with E-state index in [9.17, 15) is 4.79 Å². The predicted octanol–water partition coefficient (Wildman–Crippen LogP) is 5.61. The average molecular weight is 378 g/mol. The lowest BCUT2D eigenvalue weighted by Crippen LogP contribution is -2.60. The fourth-order valence-electron chi connectivity index (χ4n) is 6.13. The zero-order valence-electron chi connectivity index (χ0n) is 15.6. The van der Waals surface area contributed by atoms with Gasteiger partial charge in [-0.1, -0.05) is 48.5 Å². The molecule has 0 aliphatic heterocycles. The SMILES string of the molecule is O=C(NC12CC3CC(CC(C3)C1)C2)[C@H](Sc1ccccc1)c1ccccc1. The summed E-state index contributed by atoms with van der Waals surface area (Å²) in [7, 11) is 0. The number of carbonyl (C=O) groups is 1. The van der Waals surface area contributed by atoms with Crippen molar-refractivity contribution >= 4 is 17.7 Å². The van der Waals surface area contributed by atoms with Crippen LogP contribution in [0.1, 0.15) is 49.3 Å². The van der Waals surface area contributed by atoms with Gasteiger partial charge in [0.1, 0.15) is 5.25 Å². The molecule has 0 saturated heterocycles. The second-order valence-corrected chi connectivity index (χ2v) is 10.1. The Bertz CT molecular complexity index is 768. The topological polar surface area (TPSA) is 29.1 Å². The van der Waals surface area contributed by atoms with E-state index in [1.807, 2.05) is 36.4 Å². The number of hydrogen-bond donors (Lipinski definition) is 1. The van der Waals surface area contributed by atoms with Crippen molar-refractivity contribution in [2.45, 2.75) is 54.2 Å². The average Bonchev–Trinajstić information content (AvgIpc) is 2.66. The number of amides is 1. The first-order valence-electron chi connectivity index (χ1n) is 10.3. The Labute approximate surface area is 166 Å². The van der Waals surface area contributed by atoms with Gasteiger partial charge >= 0.3 is 0 Å². The van der Waals surface area contributed by atoms with Crippen LogP contribution in [0.2, 0.25) is 0 Å². The third kappa shape index (κ3) is 3.54. The van der Waals surface area contributed by atoms with E-state index < -0.39 is 0 Å². The van der Waals surface area contributed by atoms with Gasteiger partial charge < -0.3 is 5.32 Å². The van der Waals surface area contributed by atoms with E-state index in [0.29, 0.717) is 0 Å². The first kappa shape index (κ1) is 17.4. The molecule has 1 atom stereocenters. The molecule has 2 aromatic rings. The highest BCUT2D eigenvalue weighted by molar-refractivity contribution is 8.00. The van der Waals surface area contributed by atoms with Crippen LogP contribution in [0, 0.1) is 17.8 Å². The lowest BCUT2D eigenvalue weighted by molar-refractivity contribution is -0.126. The molecule has 4 aliphatic carbocycles. The molecular formula is C24H27NOS. The minimum atomic E-state index is -0.193. The minimum Gasteiger partial charge on any atom is -0.349 e. The van der Waals surface area contributed by atoms with Gasteiger partial charge in [-0.3, -0.25) is 4.79 Å². The maximum Gasteiger partial charge on any atom is 0.238 e. The van der Waals surface area contributed by atoms with E-state index in [1.54, 1.807) is 11.8 Å². The van der Waals surface area contributed by atoms with E-state index in [2.05, 4.69) is 29.6 Å². The number of benzene rings is 2. The van der Waals surface area contributed by atoms with Crippen LogP contribution in [0.4, 0.5) is 0 Å². The van der Waals surface area contributed by atoms with Gasteiger partial charge in [0, 0.05) is 10.4 Å². The molecule has 0 unspecified atom stereocenters. The second kappa shape index (κ2) is 7.01. The molecule has 0 heterocycles. The van der Waals surface area contributed by atoms with Crippen molar-refractivity contribution in [3.63, 3.8) is 0 Å². The fourth-order valence-corrected chi connectivity index (χ4v) is 7.17. The van der Waals surface area contributed by atoms with Gasteiger partial charge in [0.05, 0.1) is 0 Å². The van der Waals surface area contributed by atoms with Gasteiger partial charge in [-0.25, -0.2) is 0 Å². The maximum absolute atomic E-state index is 13.5. The Balaban J connectivity index is 1.39. The van der Waals surface area contributed by atoms with Crippen molar-refractivity contribution in [3.8, 4) is 0 Å². The third-order valence-corrected chi connectivity index (χ3v) is 8.03. The summed E-state index contributed by atoms with van der Waals surface area (Å²) in [5.74, 6) is 2.72. The summed E-state index contributed by atoms with van der Waals surface area (Å²) < 4.78 is 0. The van der Waals surface area contributed by atoms with Crippen LogP contribution in [0.15, 0.2) is 65.6 Å². The molecule has 2 nitrogen and oxygen atoms in total. The molecule has 140 valence electrons. The Kier molecular flexibility index (Phi) is 4.51. The van der Waals surface area contributed by atoms with Gasteiger partial charge in [-0.15, -0.1) is 11.8 Å². The number of nitrogens with one attached hydrogen (secondary N) is 1. The van der Waals surface area contributed by atoms with E-state index in [4.69, 9.17) is 0 Å². The minimum absolute atomic E-state index is 0.0656.